The molecular weight excluding hydrogens is 292 g/mol. The van der Waals surface area contributed by atoms with Crippen molar-refractivity contribution in [1.29, 1.82) is 0 Å². The quantitative estimate of drug-likeness (QED) is 0.865. The van der Waals surface area contributed by atoms with Gasteiger partial charge in [0.15, 0.2) is 0 Å². The van der Waals surface area contributed by atoms with Crippen molar-refractivity contribution in [2.75, 3.05) is 0 Å². The number of nitrogens with zero attached hydrogens (tertiary/aromatic N) is 1. The molecule has 0 bridgehead atoms. The summed E-state index contributed by atoms with van der Waals surface area (Å²) >= 11 is 1.49. The first kappa shape index (κ1) is 17.4. The number of hydrogen-bond acceptors (Lipinski definition) is 6. The largest absolute Gasteiger partial charge is 0.458 e. The summed E-state index contributed by atoms with van der Waals surface area (Å²) in [5, 5.41) is 3.37. The highest BCUT2D eigenvalue weighted by molar-refractivity contribution is 7.11. The van der Waals surface area contributed by atoms with E-state index in [1.54, 1.807) is 27.7 Å². The third-order valence-corrected chi connectivity index (χ3v) is 3.48. The van der Waals surface area contributed by atoms with E-state index < -0.39 is 23.7 Å². The van der Waals surface area contributed by atoms with Gasteiger partial charge in [-0.1, -0.05) is 0 Å². The summed E-state index contributed by atoms with van der Waals surface area (Å²) in [6.07, 6.45) is -0.642. The Labute approximate surface area is 128 Å². The highest BCUT2D eigenvalue weighted by atomic mass is 32.1. The van der Waals surface area contributed by atoms with Gasteiger partial charge in [0.25, 0.3) is 0 Å². The van der Waals surface area contributed by atoms with Crippen molar-refractivity contribution in [2.24, 2.45) is 0 Å². The van der Waals surface area contributed by atoms with Crippen LogP contribution in [0, 0.1) is 13.8 Å². The van der Waals surface area contributed by atoms with Crippen LogP contribution in [0.1, 0.15) is 43.3 Å². The van der Waals surface area contributed by atoms with Crippen LogP contribution >= 0.6 is 11.3 Å². The van der Waals surface area contributed by atoms with E-state index in [9.17, 15) is 9.59 Å². The number of hydrogen-bond donors (Lipinski definition) is 1. The molecule has 1 aromatic heterocycles. The van der Waals surface area contributed by atoms with Crippen LogP contribution < -0.4 is 5.32 Å². The first-order chi connectivity index (χ1) is 9.58. The van der Waals surface area contributed by atoms with Crippen molar-refractivity contribution in [2.45, 2.75) is 59.8 Å². The van der Waals surface area contributed by atoms with E-state index in [4.69, 9.17) is 9.47 Å². The summed E-state index contributed by atoms with van der Waals surface area (Å²) in [7, 11) is 0. The number of esters is 1. The summed E-state index contributed by atoms with van der Waals surface area (Å²) in [6.45, 7) is 10.7. The summed E-state index contributed by atoms with van der Waals surface area (Å²) in [5.41, 5.74) is 0.253. The zero-order chi connectivity index (χ0) is 16.2. The summed E-state index contributed by atoms with van der Waals surface area (Å²) < 4.78 is 10.3. The minimum absolute atomic E-state index is 0.163. The van der Waals surface area contributed by atoms with Gasteiger partial charge < -0.3 is 14.8 Å². The molecule has 1 atom stereocenters. The molecule has 1 amide bonds. The Morgan fingerprint density at radius 3 is 2.43 bits per heavy atom. The van der Waals surface area contributed by atoms with Gasteiger partial charge in [0.2, 0.25) is 0 Å². The summed E-state index contributed by atoms with van der Waals surface area (Å²) in [4.78, 5) is 28.6. The minimum Gasteiger partial charge on any atom is -0.458 e. The van der Waals surface area contributed by atoms with E-state index in [0.29, 0.717) is 0 Å². The molecule has 0 saturated carbocycles. The first-order valence-electron chi connectivity index (χ1n) is 6.67. The van der Waals surface area contributed by atoms with Crippen LogP contribution in [-0.2, 0) is 20.9 Å². The molecule has 0 saturated heterocycles. The number of aryl methyl sites for hydroxylation is 2. The topological polar surface area (TPSA) is 77.5 Å². The Kier molecular flexibility index (Phi) is 5.71. The van der Waals surface area contributed by atoms with Gasteiger partial charge in [-0.25, -0.2) is 14.6 Å². The van der Waals surface area contributed by atoms with E-state index >= 15 is 0 Å². The highest BCUT2D eigenvalue weighted by Crippen LogP contribution is 2.18. The molecule has 1 N–H and O–H groups in total. The molecular formula is C14H22N2O4S. The average molecular weight is 314 g/mol. The van der Waals surface area contributed by atoms with Crippen molar-refractivity contribution in [3.05, 3.63) is 15.6 Å². The van der Waals surface area contributed by atoms with Gasteiger partial charge >= 0.3 is 12.1 Å². The lowest BCUT2D eigenvalue weighted by atomic mass is 10.2. The van der Waals surface area contributed by atoms with Crippen LogP contribution in [-0.4, -0.2) is 28.7 Å². The second kappa shape index (κ2) is 6.89. The summed E-state index contributed by atoms with van der Waals surface area (Å²) in [6, 6.07) is -0.769. The molecule has 118 valence electrons. The second-order valence-corrected chi connectivity index (χ2v) is 7.00. The highest BCUT2D eigenvalue weighted by Gasteiger charge is 2.22. The summed E-state index contributed by atoms with van der Waals surface area (Å²) in [5.74, 6) is -0.508. The minimum atomic E-state index is -0.769. The molecule has 1 heterocycles. The third-order valence-electron chi connectivity index (χ3n) is 2.43. The monoisotopic (exact) mass is 314 g/mol. The number of carbonyl (C=O) groups is 2. The molecule has 0 aromatic carbocycles. The second-order valence-electron chi connectivity index (χ2n) is 5.72. The number of carbonyl (C=O) groups excluding carboxylic acids is 2. The number of rotatable bonds is 4. The fourth-order valence-corrected chi connectivity index (χ4v) is 2.36. The van der Waals surface area contributed by atoms with Crippen LogP contribution in [0.2, 0.25) is 0 Å². The maximum Gasteiger partial charge on any atom is 0.408 e. The van der Waals surface area contributed by atoms with Crippen LogP contribution in [0.4, 0.5) is 4.79 Å². The van der Waals surface area contributed by atoms with E-state index in [0.717, 1.165) is 15.6 Å². The Morgan fingerprint density at radius 2 is 1.95 bits per heavy atom. The Bertz CT molecular complexity index is 520. The van der Waals surface area contributed by atoms with E-state index in [-0.39, 0.29) is 6.61 Å². The molecule has 0 radical (unpaired) electrons. The lowest BCUT2D eigenvalue weighted by molar-refractivity contribution is -0.146. The molecule has 7 heteroatoms. The van der Waals surface area contributed by atoms with Crippen molar-refractivity contribution in [1.82, 2.24) is 10.3 Å². The number of alkyl carbamates (subject to hydrolysis) is 1. The third kappa shape index (κ3) is 6.12. The fourth-order valence-electron chi connectivity index (χ4n) is 1.51. The van der Waals surface area contributed by atoms with Gasteiger partial charge in [0.1, 0.15) is 18.2 Å². The number of ether oxygens (including phenoxy) is 2. The Morgan fingerprint density at radius 1 is 1.33 bits per heavy atom. The standard InChI is InChI=1S/C14H22N2O4S/c1-8-11(21-10(3)15-8)7-19-12(17)9(2)16-13(18)20-14(4,5)6/h9H,7H2,1-6H3,(H,16,18). The number of thiazole rings is 1. The Hall–Kier alpha value is -1.63. The maximum atomic E-state index is 11.8. The number of amides is 1. The van der Waals surface area contributed by atoms with Gasteiger partial charge in [0.05, 0.1) is 15.6 Å². The molecule has 6 nitrogen and oxygen atoms in total. The predicted octanol–water partition coefficient (Wildman–Crippen LogP) is 2.72. The van der Waals surface area contributed by atoms with Crippen LogP contribution in [0.3, 0.4) is 0 Å². The molecule has 0 aliphatic rings. The predicted molar refractivity (Wildman–Crippen MR) is 80.2 cm³/mol. The van der Waals surface area contributed by atoms with Crippen molar-refractivity contribution >= 4 is 23.4 Å². The molecule has 1 aromatic rings. The zero-order valence-corrected chi connectivity index (χ0v) is 14.1. The fraction of sp³-hybridized carbons (Fsp3) is 0.643. The van der Waals surface area contributed by atoms with Crippen LogP contribution in [0.25, 0.3) is 0 Å². The van der Waals surface area contributed by atoms with Crippen LogP contribution in [0.5, 0.6) is 0 Å². The van der Waals surface area contributed by atoms with Crippen molar-refractivity contribution in [3.63, 3.8) is 0 Å². The first-order valence-corrected chi connectivity index (χ1v) is 7.49. The molecule has 1 rings (SSSR count). The number of nitrogens with one attached hydrogen (secondary N) is 1. The van der Waals surface area contributed by atoms with Crippen LogP contribution in [0.15, 0.2) is 0 Å². The van der Waals surface area contributed by atoms with Gasteiger partial charge in [-0.2, -0.15) is 0 Å². The van der Waals surface area contributed by atoms with Crippen molar-refractivity contribution in [3.8, 4) is 0 Å². The van der Waals surface area contributed by atoms with E-state index in [1.807, 2.05) is 13.8 Å². The van der Waals surface area contributed by atoms with Gasteiger partial charge in [-0.15, -0.1) is 11.3 Å². The normalized spacial score (nSPS) is 12.7. The molecule has 0 aliphatic heterocycles. The molecule has 21 heavy (non-hydrogen) atoms. The maximum absolute atomic E-state index is 11.8. The SMILES string of the molecule is Cc1nc(C)c(COC(=O)C(C)NC(=O)OC(C)(C)C)s1. The molecule has 1 unspecified atom stereocenters. The Balaban J connectivity index is 2.44. The van der Waals surface area contributed by atoms with Gasteiger partial charge in [0, 0.05) is 0 Å². The zero-order valence-electron chi connectivity index (χ0n) is 13.3. The lowest BCUT2D eigenvalue weighted by Crippen LogP contribution is -2.42. The molecule has 0 aliphatic carbocycles. The van der Waals surface area contributed by atoms with Crippen molar-refractivity contribution < 1.29 is 19.1 Å². The molecule has 0 fully saturated rings. The smallest absolute Gasteiger partial charge is 0.408 e. The van der Waals surface area contributed by atoms with E-state index in [1.165, 1.54) is 11.3 Å². The number of aromatic nitrogens is 1. The van der Waals surface area contributed by atoms with Gasteiger partial charge in [-0.05, 0) is 41.5 Å². The van der Waals surface area contributed by atoms with E-state index in [2.05, 4.69) is 10.3 Å². The van der Waals surface area contributed by atoms with Gasteiger partial charge in [-0.3, -0.25) is 0 Å². The average Bonchev–Trinajstić information content (AvgIpc) is 2.62. The lowest BCUT2D eigenvalue weighted by Gasteiger charge is -2.21. The molecule has 0 spiro atoms.